The molecule has 0 aromatic carbocycles. The van der Waals surface area contributed by atoms with Gasteiger partial charge in [0.1, 0.15) is 6.04 Å². The number of hydroxylamine groups is 2. The van der Waals surface area contributed by atoms with Crippen LogP contribution in [0.2, 0.25) is 0 Å². The molecule has 0 aromatic heterocycles. The molecule has 0 saturated carbocycles. The van der Waals surface area contributed by atoms with Crippen LogP contribution < -0.4 is 0 Å². The lowest BCUT2D eigenvalue weighted by molar-refractivity contribution is -0.186. The molecule has 1 atom stereocenters. The highest BCUT2D eigenvalue weighted by Crippen LogP contribution is 2.18. The van der Waals surface area contributed by atoms with Crippen LogP contribution >= 0.6 is 0 Å². The molecule has 0 unspecified atom stereocenters. The minimum absolute atomic E-state index is 0.423. The molecule has 0 spiro atoms. The van der Waals surface area contributed by atoms with Crippen molar-refractivity contribution in [2.75, 3.05) is 13.2 Å². The maximum atomic E-state index is 11.0. The second-order valence-electron chi connectivity index (χ2n) is 6.15. The number of aliphatic carboxylic acids is 1. The summed E-state index contributed by atoms with van der Waals surface area (Å²) in [4.78, 5) is 16.6. The molecule has 0 amide bonds. The number of hydrogen-bond acceptors (Lipinski definition) is 3. The standard InChI is InChI=1S/C17H33NO3/c1-2-3-4-5-6-7-8-9-10-11-15-21-18-14-12-13-16(18)17(19)20/h16H,2-15H2,1H3,(H,19,20)/t16-/m0/s1. The Balaban J connectivity index is 1.85. The Labute approximate surface area is 129 Å². The van der Waals surface area contributed by atoms with Crippen molar-refractivity contribution in [2.45, 2.75) is 90.0 Å². The zero-order valence-corrected chi connectivity index (χ0v) is 13.7. The Kier molecular flexibility index (Phi) is 10.5. The van der Waals surface area contributed by atoms with Gasteiger partial charge in [-0.3, -0.25) is 9.63 Å². The van der Waals surface area contributed by atoms with Gasteiger partial charge in [0.2, 0.25) is 0 Å². The third-order valence-corrected chi connectivity index (χ3v) is 4.24. The Hall–Kier alpha value is -0.610. The number of carbonyl (C=O) groups is 1. The van der Waals surface area contributed by atoms with Crippen molar-refractivity contribution >= 4 is 5.97 Å². The van der Waals surface area contributed by atoms with Gasteiger partial charge in [-0.1, -0.05) is 64.7 Å². The molecule has 1 aliphatic rings. The summed E-state index contributed by atoms with van der Waals surface area (Å²) < 4.78 is 0. The number of carboxylic acids is 1. The molecule has 1 heterocycles. The second kappa shape index (κ2) is 12.0. The molecule has 1 saturated heterocycles. The van der Waals surface area contributed by atoms with Crippen molar-refractivity contribution in [1.82, 2.24) is 5.06 Å². The van der Waals surface area contributed by atoms with Crippen LogP contribution in [-0.2, 0) is 9.63 Å². The molecule has 21 heavy (non-hydrogen) atoms. The largest absolute Gasteiger partial charge is 0.480 e. The fourth-order valence-corrected chi connectivity index (χ4v) is 2.91. The lowest BCUT2D eigenvalue weighted by Crippen LogP contribution is -2.36. The Morgan fingerprint density at radius 1 is 1.05 bits per heavy atom. The van der Waals surface area contributed by atoms with Crippen molar-refractivity contribution in [3.05, 3.63) is 0 Å². The number of nitrogens with zero attached hydrogens (tertiary/aromatic N) is 1. The fourth-order valence-electron chi connectivity index (χ4n) is 2.91. The third-order valence-electron chi connectivity index (χ3n) is 4.24. The molecular formula is C17H33NO3. The van der Waals surface area contributed by atoms with Gasteiger partial charge in [0.15, 0.2) is 0 Å². The van der Waals surface area contributed by atoms with Gasteiger partial charge in [-0.25, -0.2) is 0 Å². The van der Waals surface area contributed by atoms with Gasteiger partial charge in [-0.15, -0.1) is 0 Å². The SMILES string of the molecule is CCCCCCCCCCCCON1CCC[C@H]1C(=O)O. The molecule has 1 fully saturated rings. The molecule has 0 aliphatic carbocycles. The minimum Gasteiger partial charge on any atom is -0.480 e. The van der Waals surface area contributed by atoms with Gasteiger partial charge in [0.05, 0.1) is 6.61 Å². The first kappa shape index (κ1) is 18.4. The molecule has 124 valence electrons. The van der Waals surface area contributed by atoms with E-state index in [4.69, 9.17) is 9.94 Å². The quantitative estimate of drug-likeness (QED) is 0.512. The molecule has 4 heteroatoms. The highest BCUT2D eigenvalue weighted by molar-refractivity contribution is 5.73. The predicted octanol–water partition coefficient (Wildman–Crippen LogP) is 4.39. The van der Waals surface area contributed by atoms with Crippen molar-refractivity contribution in [1.29, 1.82) is 0 Å². The van der Waals surface area contributed by atoms with E-state index < -0.39 is 12.0 Å². The topological polar surface area (TPSA) is 49.8 Å². The Morgan fingerprint density at radius 2 is 1.62 bits per heavy atom. The lowest BCUT2D eigenvalue weighted by Gasteiger charge is -2.20. The Bertz CT molecular complexity index is 271. The van der Waals surface area contributed by atoms with E-state index in [-0.39, 0.29) is 0 Å². The van der Waals surface area contributed by atoms with E-state index in [0.717, 1.165) is 19.4 Å². The summed E-state index contributed by atoms with van der Waals surface area (Å²) in [6, 6.07) is -0.423. The van der Waals surface area contributed by atoms with E-state index in [1.54, 1.807) is 5.06 Å². The minimum atomic E-state index is -0.754. The molecule has 4 nitrogen and oxygen atoms in total. The molecule has 1 rings (SSSR count). The van der Waals surface area contributed by atoms with E-state index in [0.29, 0.717) is 13.0 Å². The maximum Gasteiger partial charge on any atom is 0.323 e. The first-order chi connectivity index (χ1) is 10.3. The van der Waals surface area contributed by atoms with Gasteiger partial charge in [-0.2, -0.15) is 5.06 Å². The fraction of sp³-hybridized carbons (Fsp3) is 0.941. The van der Waals surface area contributed by atoms with Gasteiger partial charge >= 0.3 is 5.97 Å². The number of hydrogen-bond donors (Lipinski definition) is 1. The van der Waals surface area contributed by atoms with Crippen LogP contribution in [0.25, 0.3) is 0 Å². The summed E-state index contributed by atoms with van der Waals surface area (Å²) in [7, 11) is 0. The highest BCUT2D eigenvalue weighted by atomic mass is 16.7. The van der Waals surface area contributed by atoms with Crippen LogP contribution in [-0.4, -0.2) is 35.3 Å². The van der Waals surface area contributed by atoms with Crippen LogP contribution in [0.1, 0.15) is 84.0 Å². The summed E-state index contributed by atoms with van der Waals surface area (Å²) >= 11 is 0. The summed E-state index contributed by atoms with van der Waals surface area (Å²) in [6.45, 7) is 3.68. The number of rotatable bonds is 13. The molecule has 1 aliphatic heterocycles. The Morgan fingerprint density at radius 3 is 2.19 bits per heavy atom. The second-order valence-corrected chi connectivity index (χ2v) is 6.15. The van der Waals surface area contributed by atoms with Crippen LogP contribution in [0, 0.1) is 0 Å². The van der Waals surface area contributed by atoms with E-state index in [1.165, 1.54) is 57.8 Å². The summed E-state index contributed by atoms with van der Waals surface area (Å²) in [5.74, 6) is -0.754. The molecule has 1 N–H and O–H groups in total. The molecule has 0 radical (unpaired) electrons. The van der Waals surface area contributed by atoms with E-state index in [9.17, 15) is 4.79 Å². The third kappa shape index (κ3) is 8.42. The highest BCUT2D eigenvalue weighted by Gasteiger charge is 2.31. The average molecular weight is 299 g/mol. The zero-order chi connectivity index (χ0) is 15.3. The van der Waals surface area contributed by atoms with E-state index in [2.05, 4.69) is 6.92 Å². The number of unbranched alkanes of at least 4 members (excludes halogenated alkanes) is 9. The number of carboxylic acid groups (broad SMARTS) is 1. The van der Waals surface area contributed by atoms with Crippen molar-refractivity contribution < 1.29 is 14.7 Å². The maximum absolute atomic E-state index is 11.0. The van der Waals surface area contributed by atoms with Crippen LogP contribution in [0.15, 0.2) is 0 Å². The van der Waals surface area contributed by atoms with E-state index >= 15 is 0 Å². The normalized spacial score (nSPS) is 19.2. The summed E-state index contributed by atoms with van der Waals surface area (Å²) in [5.41, 5.74) is 0. The molecular weight excluding hydrogens is 266 g/mol. The zero-order valence-electron chi connectivity index (χ0n) is 13.7. The van der Waals surface area contributed by atoms with Crippen molar-refractivity contribution in [3.63, 3.8) is 0 Å². The first-order valence-corrected chi connectivity index (χ1v) is 8.88. The van der Waals surface area contributed by atoms with Gasteiger partial charge < -0.3 is 5.11 Å². The summed E-state index contributed by atoms with van der Waals surface area (Å²) in [5, 5.41) is 10.7. The van der Waals surface area contributed by atoms with Crippen LogP contribution in [0.3, 0.4) is 0 Å². The monoisotopic (exact) mass is 299 g/mol. The lowest BCUT2D eigenvalue weighted by atomic mass is 10.1. The predicted molar refractivity (Wildman–Crippen MR) is 85.2 cm³/mol. The summed E-state index contributed by atoms with van der Waals surface area (Å²) in [6.07, 6.45) is 14.7. The van der Waals surface area contributed by atoms with Crippen molar-refractivity contribution in [2.24, 2.45) is 0 Å². The van der Waals surface area contributed by atoms with Gasteiger partial charge in [0, 0.05) is 6.54 Å². The van der Waals surface area contributed by atoms with Crippen LogP contribution in [0.5, 0.6) is 0 Å². The first-order valence-electron chi connectivity index (χ1n) is 8.88. The van der Waals surface area contributed by atoms with Crippen LogP contribution in [0.4, 0.5) is 0 Å². The smallest absolute Gasteiger partial charge is 0.323 e. The van der Waals surface area contributed by atoms with Crippen molar-refractivity contribution in [3.8, 4) is 0 Å². The molecule has 0 bridgehead atoms. The van der Waals surface area contributed by atoms with Gasteiger partial charge in [0.25, 0.3) is 0 Å². The molecule has 0 aromatic rings. The van der Waals surface area contributed by atoms with Gasteiger partial charge in [-0.05, 0) is 19.3 Å². The average Bonchev–Trinajstić information content (AvgIpc) is 2.93. The van der Waals surface area contributed by atoms with E-state index in [1.807, 2.05) is 0 Å².